The Morgan fingerprint density at radius 3 is 2.86 bits per heavy atom. The number of ether oxygens (including phenoxy) is 1. The smallest absolute Gasteiger partial charge is 0.303 e. The van der Waals surface area contributed by atoms with Crippen molar-refractivity contribution in [3.05, 3.63) is 71.4 Å². The highest BCUT2D eigenvalue weighted by Crippen LogP contribution is 2.34. The van der Waals surface area contributed by atoms with Crippen LogP contribution in [0.25, 0.3) is 10.9 Å². The van der Waals surface area contributed by atoms with E-state index in [0.717, 1.165) is 29.0 Å². The number of methoxy groups -OCH3 is 1. The fraction of sp³-hybridized carbons (Fsp3) is 0.379. The molecule has 37 heavy (non-hydrogen) atoms. The lowest BCUT2D eigenvalue weighted by Gasteiger charge is -2.37. The number of fused-ring (bicyclic) bond motifs is 1. The zero-order valence-corrected chi connectivity index (χ0v) is 20.7. The molecule has 0 spiro atoms. The van der Waals surface area contributed by atoms with Crippen LogP contribution < -0.4 is 4.74 Å². The molecule has 2 aromatic carbocycles. The molecule has 1 aliphatic heterocycles. The maximum Gasteiger partial charge on any atom is 0.303 e. The summed E-state index contributed by atoms with van der Waals surface area (Å²) in [5, 5.41) is 21.3. The van der Waals surface area contributed by atoms with Crippen LogP contribution in [0.5, 0.6) is 5.75 Å². The Bertz CT molecular complexity index is 1320. The predicted molar refractivity (Wildman–Crippen MR) is 136 cm³/mol. The maximum absolute atomic E-state index is 13.8. The Morgan fingerprint density at radius 1 is 1.24 bits per heavy atom. The summed E-state index contributed by atoms with van der Waals surface area (Å²) in [6.45, 7) is 1.60. The number of carbonyl (C=O) groups is 1. The van der Waals surface area contributed by atoms with Gasteiger partial charge in [-0.2, -0.15) is 0 Å². The number of hydrogen-bond donors (Lipinski definition) is 2. The second kappa shape index (κ2) is 12.1. The summed E-state index contributed by atoms with van der Waals surface area (Å²) in [7, 11) is 1.59. The van der Waals surface area contributed by atoms with Gasteiger partial charge in [-0.1, -0.05) is 17.9 Å². The van der Waals surface area contributed by atoms with Gasteiger partial charge in [-0.3, -0.25) is 14.7 Å². The fourth-order valence-corrected chi connectivity index (χ4v) is 5.07. The molecule has 0 aliphatic carbocycles. The number of rotatable bonds is 8. The number of carboxylic acids is 1. The van der Waals surface area contributed by atoms with Crippen LogP contribution in [0.1, 0.15) is 42.9 Å². The average Bonchev–Trinajstić information content (AvgIpc) is 2.89. The molecular formula is C29H30F2N2O4. The van der Waals surface area contributed by atoms with E-state index in [2.05, 4.69) is 16.8 Å². The molecular weight excluding hydrogens is 478 g/mol. The molecule has 8 heteroatoms. The van der Waals surface area contributed by atoms with Crippen LogP contribution in [0.2, 0.25) is 0 Å². The first kappa shape index (κ1) is 26.5. The van der Waals surface area contributed by atoms with Gasteiger partial charge in [0.25, 0.3) is 0 Å². The summed E-state index contributed by atoms with van der Waals surface area (Å²) in [4.78, 5) is 18.0. The van der Waals surface area contributed by atoms with E-state index < -0.39 is 23.7 Å². The quantitative estimate of drug-likeness (QED) is 0.426. The van der Waals surface area contributed by atoms with E-state index in [4.69, 9.17) is 4.74 Å². The number of aromatic nitrogens is 1. The molecule has 3 aromatic rings. The Morgan fingerprint density at radius 2 is 2.08 bits per heavy atom. The second-order valence-corrected chi connectivity index (χ2v) is 9.42. The fourth-order valence-electron chi connectivity index (χ4n) is 5.07. The number of aliphatic carboxylic acids is 1. The van der Waals surface area contributed by atoms with Crippen molar-refractivity contribution in [2.75, 3.05) is 26.7 Å². The van der Waals surface area contributed by atoms with Gasteiger partial charge in [0.05, 0.1) is 30.8 Å². The molecule has 4 rings (SSSR count). The zero-order valence-electron chi connectivity index (χ0n) is 20.7. The first-order chi connectivity index (χ1) is 17.9. The third-order valence-corrected chi connectivity index (χ3v) is 7.04. The van der Waals surface area contributed by atoms with Crippen molar-refractivity contribution < 1.29 is 28.5 Å². The highest BCUT2D eigenvalue weighted by atomic mass is 19.2. The Kier molecular flexibility index (Phi) is 8.70. The van der Waals surface area contributed by atoms with Gasteiger partial charge < -0.3 is 14.9 Å². The molecule has 2 heterocycles. The molecule has 194 valence electrons. The van der Waals surface area contributed by atoms with Crippen LogP contribution in [0.4, 0.5) is 8.78 Å². The van der Waals surface area contributed by atoms with Crippen molar-refractivity contribution in [3.63, 3.8) is 0 Å². The van der Waals surface area contributed by atoms with Gasteiger partial charge in [-0.25, -0.2) is 8.78 Å². The van der Waals surface area contributed by atoms with E-state index in [1.807, 2.05) is 29.2 Å². The van der Waals surface area contributed by atoms with Crippen LogP contribution in [0.15, 0.2) is 48.7 Å². The van der Waals surface area contributed by atoms with Crippen LogP contribution in [0.3, 0.4) is 0 Å². The molecule has 1 fully saturated rings. The lowest BCUT2D eigenvalue weighted by Crippen LogP contribution is -2.41. The van der Waals surface area contributed by atoms with Crippen molar-refractivity contribution in [1.82, 2.24) is 9.88 Å². The molecule has 6 nitrogen and oxygen atoms in total. The number of benzene rings is 2. The minimum Gasteiger partial charge on any atom is -0.497 e. The number of nitrogens with zero attached hydrogens (tertiary/aromatic N) is 2. The molecule has 0 saturated carbocycles. The molecule has 0 radical (unpaired) electrons. The summed E-state index contributed by atoms with van der Waals surface area (Å²) in [6.07, 6.45) is 2.93. The van der Waals surface area contributed by atoms with Crippen LogP contribution in [0, 0.1) is 35.3 Å². The van der Waals surface area contributed by atoms with E-state index in [1.54, 1.807) is 13.3 Å². The Labute approximate surface area is 214 Å². The number of likely N-dealkylation sites (tertiary alicyclic amines) is 1. The SMILES string of the molecule is COc1ccc2nccc(C(O)CC[C@@H]3CCN(CC#Cc4cccc(F)c4F)C[C@@H]3CC(=O)O)c2c1. The summed E-state index contributed by atoms with van der Waals surface area (Å²) in [6, 6.07) is 11.2. The molecule has 2 N–H and O–H groups in total. The highest BCUT2D eigenvalue weighted by molar-refractivity contribution is 5.83. The van der Waals surface area contributed by atoms with Crippen molar-refractivity contribution in [2.24, 2.45) is 11.8 Å². The molecule has 3 atom stereocenters. The van der Waals surface area contributed by atoms with Crippen LogP contribution in [-0.2, 0) is 4.79 Å². The summed E-state index contributed by atoms with van der Waals surface area (Å²) >= 11 is 0. The molecule has 1 aliphatic rings. The molecule has 0 bridgehead atoms. The topological polar surface area (TPSA) is 82.9 Å². The first-order valence-corrected chi connectivity index (χ1v) is 12.3. The number of piperidine rings is 1. The van der Waals surface area contributed by atoms with Crippen molar-refractivity contribution in [2.45, 2.75) is 31.8 Å². The maximum atomic E-state index is 13.8. The number of pyridine rings is 1. The molecule has 1 unspecified atom stereocenters. The van der Waals surface area contributed by atoms with Crippen molar-refractivity contribution in [3.8, 4) is 17.6 Å². The largest absolute Gasteiger partial charge is 0.497 e. The third kappa shape index (κ3) is 6.62. The minimum atomic E-state index is -0.962. The zero-order chi connectivity index (χ0) is 26.4. The summed E-state index contributed by atoms with van der Waals surface area (Å²) in [5.41, 5.74) is 1.55. The highest BCUT2D eigenvalue weighted by Gasteiger charge is 2.31. The lowest BCUT2D eigenvalue weighted by atomic mass is 9.79. The number of carboxylic acid groups (broad SMARTS) is 1. The van der Waals surface area contributed by atoms with E-state index >= 15 is 0 Å². The number of aliphatic hydroxyl groups excluding tert-OH is 1. The number of hydrogen-bond acceptors (Lipinski definition) is 5. The van der Waals surface area contributed by atoms with Crippen molar-refractivity contribution in [1.29, 1.82) is 0 Å². The van der Waals surface area contributed by atoms with Crippen LogP contribution >= 0.6 is 0 Å². The van der Waals surface area contributed by atoms with Gasteiger partial charge >= 0.3 is 5.97 Å². The lowest BCUT2D eigenvalue weighted by molar-refractivity contribution is -0.139. The summed E-state index contributed by atoms with van der Waals surface area (Å²) < 4.78 is 32.5. The third-order valence-electron chi connectivity index (χ3n) is 7.04. The van der Waals surface area contributed by atoms with Crippen molar-refractivity contribution >= 4 is 16.9 Å². The normalized spacial score (nSPS) is 18.7. The van der Waals surface area contributed by atoms with E-state index in [9.17, 15) is 23.8 Å². The standard InChI is InChI=1S/C29H30F2N2O4/c1-37-22-8-9-26-24(17-22)23(11-13-32-26)27(34)10-7-19-12-15-33(18-21(19)16-28(35)36)14-3-5-20-4-2-6-25(30)29(20)31/h2,4,6,8-9,11,13,17,19,21,27,34H,7,10,12,14-16,18H2,1H3,(H,35,36)/t19-,21+,27?/m1/s1. The number of halogens is 2. The molecule has 0 amide bonds. The second-order valence-electron chi connectivity index (χ2n) is 9.42. The van der Waals surface area contributed by atoms with Gasteiger partial charge in [-0.15, -0.1) is 0 Å². The van der Waals surface area contributed by atoms with Gasteiger partial charge in [-0.05, 0) is 79.6 Å². The van der Waals surface area contributed by atoms with Gasteiger partial charge in [0.15, 0.2) is 11.6 Å². The predicted octanol–water partition coefficient (Wildman–Crippen LogP) is 4.80. The summed E-state index contributed by atoms with van der Waals surface area (Å²) in [5.74, 6) is 3.54. The number of aliphatic hydroxyl groups is 1. The molecule has 1 aromatic heterocycles. The van der Waals surface area contributed by atoms with E-state index in [0.29, 0.717) is 38.2 Å². The van der Waals surface area contributed by atoms with Gasteiger partial charge in [0.2, 0.25) is 0 Å². The van der Waals surface area contributed by atoms with Gasteiger partial charge in [0.1, 0.15) is 5.75 Å². The van der Waals surface area contributed by atoms with Crippen LogP contribution in [-0.4, -0.2) is 52.8 Å². The van der Waals surface area contributed by atoms with E-state index in [1.165, 1.54) is 12.1 Å². The first-order valence-electron chi connectivity index (χ1n) is 12.3. The van der Waals surface area contributed by atoms with E-state index in [-0.39, 0.29) is 23.8 Å². The van der Waals surface area contributed by atoms with Gasteiger partial charge in [0, 0.05) is 24.5 Å². The molecule has 1 saturated heterocycles. The monoisotopic (exact) mass is 508 g/mol. The minimum absolute atomic E-state index is 0.00668. The Balaban J connectivity index is 1.40. The Hall–Kier alpha value is -3.54. The average molecular weight is 509 g/mol.